The first-order chi connectivity index (χ1) is 11.0. The molecule has 1 aliphatic rings. The number of aromatic nitrogens is 2. The summed E-state index contributed by atoms with van der Waals surface area (Å²) in [5.41, 5.74) is 5.35. The second-order valence-electron chi connectivity index (χ2n) is 6.70. The molecule has 6 nitrogen and oxygen atoms in total. The van der Waals surface area contributed by atoms with Gasteiger partial charge >= 0.3 is 0 Å². The Morgan fingerprint density at radius 1 is 1.52 bits per heavy atom. The molecule has 0 radical (unpaired) electrons. The molecule has 1 unspecified atom stereocenters. The van der Waals surface area contributed by atoms with Crippen LogP contribution in [0.1, 0.15) is 26.7 Å². The molecule has 3 heterocycles. The zero-order valence-electron chi connectivity index (χ0n) is 13.6. The van der Waals surface area contributed by atoms with Crippen molar-refractivity contribution in [2.75, 3.05) is 24.5 Å². The molecule has 2 aromatic rings. The topological polar surface area (TPSA) is 84.1 Å². The quantitative estimate of drug-likeness (QED) is 0.891. The molecule has 0 spiro atoms. The Morgan fingerprint density at radius 2 is 2.35 bits per heavy atom. The summed E-state index contributed by atoms with van der Waals surface area (Å²) in [6.07, 6.45) is 3.49. The van der Waals surface area contributed by atoms with Gasteiger partial charge in [-0.25, -0.2) is 9.97 Å². The highest BCUT2D eigenvalue weighted by Crippen LogP contribution is 2.30. The van der Waals surface area contributed by atoms with Crippen LogP contribution in [0.5, 0.6) is 0 Å². The third kappa shape index (κ3) is 3.45. The minimum absolute atomic E-state index is 0.0294. The average Bonchev–Trinajstić information content (AvgIpc) is 3.03. The van der Waals surface area contributed by atoms with E-state index >= 15 is 0 Å². The van der Waals surface area contributed by atoms with E-state index in [2.05, 4.69) is 26.3 Å². The number of nitrogens with two attached hydrogens (primary N) is 1. The van der Waals surface area contributed by atoms with Gasteiger partial charge < -0.3 is 16.0 Å². The summed E-state index contributed by atoms with van der Waals surface area (Å²) >= 11 is 1.61. The molecule has 0 aliphatic carbocycles. The van der Waals surface area contributed by atoms with E-state index in [0.717, 1.165) is 35.4 Å². The fourth-order valence-corrected chi connectivity index (χ4v) is 3.63. The summed E-state index contributed by atoms with van der Waals surface area (Å²) in [6, 6.07) is 2.05. The van der Waals surface area contributed by atoms with Crippen LogP contribution in [-0.2, 0) is 4.79 Å². The first-order valence-corrected chi connectivity index (χ1v) is 8.83. The monoisotopic (exact) mass is 333 g/mol. The van der Waals surface area contributed by atoms with Gasteiger partial charge in [-0.05, 0) is 38.1 Å². The molecule has 1 amide bonds. The number of hydrogen-bond acceptors (Lipinski definition) is 6. The Hall–Kier alpha value is -1.73. The third-order valence-electron chi connectivity index (χ3n) is 4.30. The number of thiophene rings is 1. The van der Waals surface area contributed by atoms with E-state index in [0.29, 0.717) is 13.1 Å². The minimum atomic E-state index is -0.366. The van der Waals surface area contributed by atoms with E-state index in [4.69, 9.17) is 5.73 Å². The molecule has 3 rings (SSSR count). The molecule has 0 bridgehead atoms. The van der Waals surface area contributed by atoms with Gasteiger partial charge in [0.15, 0.2) is 0 Å². The molecule has 2 aromatic heterocycles. The van der Waals surface area contributed by atoms with Crippen molar-refractivity contribution in [3.05, 3.63) is 17.8 Å². The van der Waals surface area contributed by atoms with Gasteiger partial charge in [0, 0.05) is 25.2 Å². The Kier molecular flexibility index (Phi) is 4.50. The lowest BCUT2D eigenvalue weighted by molar-refractivity contribution is -0.126. The smallest absolute Gasteiger partial charge is 0.225 e. The molecule has 1 saturated heterocycles. The maximum absolute atomic E-state index is 12.5. The van der Waals surface area contributed by atoms with Gasteiger partial charge in [0.25, 0.3) is 0 Å². The SMILES string of the molecule is CC(C)(CN)NC(=O)C1CCCN(c2ncnc3sccc23)C1. The Morgan fingerprint density at radius 3 is 3.13 bits per heavy atom. The third-order valence-corrected chi connectivity index (χ3v) is 5.13. The lowest BCUT2D eigenvalue weighted by Gasteiger charge is -2.35. The van der Waals surface area contributed by atoms with E-state index in [1.807, 2.05) is 19.2 Å². The van der Waals surface area contributed by atoms with Crippen LogP contribution in [0.25, 0.3) is 10.2 Å². The fraction of sp³-hybridized carbons (Fsp3) is 0.562. The van der Waals surface area contributed by atoms with Crippen molar-refractivity contribution < 1.29 is 4.79 Å². The number of nitrogens with one attached hydrogen (secondary N) is 1. The predicted molar refractivity (Wildman–Crippen MR) is 93.6 cm³/mol. The van der Waals surface area contributed by atoms with Crippen molar-refractivity contribution in [3.8, 4) is 0 Å². The average molecular weight is 333 g/mol. The van der Waals surface area contributed by atoms with Crippen molar-refractivity contribution in [2.24, 2.45) is 11.7 Å². The van der Waals surface area contributed by atoms with E-state index in [1.165, 1.54) is 0 Å². The number of fused-ring (bicyclic) bond motifs is 1. The van der Waals surface area contributed by atoms with Crippen LogP contribution in [0.3, 0.4) is 0 Å². The summed E-state index contributed by atoms with van der Waals surface area (Å²) in [5, 5.41) is 6.16. The standard InChI is InChI=1S/C16H23N5OS/c1-16(2,9-17)20-14(22)11-4-3-6-21(8-11)13-12-5-7-23-15(12)19-10-18-13/h5,7,10-11H,3-4,6,8-9,17H2,1-2H3,(H,20,22). The Balaban J connectivity index is 1.76. The van der Waals surface area contributed by atoms with Crippen LogP contribution < -0.4 is 16.0 Å². The zero-order chi connectivity index (χ0) is 16.4. The molecule has 0 aromatic carbocycles. The first kappa shape index (κ1) is 16.1. The second-order valence-corrected chi connectivity index (χ2v) is 7.59. The van der Waals surface area contributed by atoms with Crippen LogP contribution >= 0.6 is 11.3 Å². The Labute approximate surface area is 140 Å². The zero-order valence-corrected chi connectivity index (χ0v) is 14.4. The van der Waals surface area contributed by atoms with Gasteiger partial charge in [-0.2, -0.15) is 0 Å². The summed E-state index contributed by atoms with van der Waals surface area (Å²) in [4.78, 5) is 24.5. The van der Waals surface area contributed by atoms with Crippen LogP contribution in [0.2, 0.25) is 0 Å². The van der Waals surface area contributed by atoms with Crippen LogP contribution in [0, 0.1) is 5.92 Å². The number of carbonyl (C=O) groups is 1. The predicted octanol–water partition coefficient (Wildman–Crippen LogP) is 1.76. The molecule has 1 atom stereocenters. The normalized spacial score (nSPS) is 19.1. The van der Waals surface area contributed by atoms with Gasteiger partial charge in [0.2, 0.25) is 5.91 Å². The number of amides is 1. The minimum Gasteiger partial charge on any atom is -0.355 e. The van der Waals surface area contributed by atoms with Gasteiger partial charge in [0.1, 0.15) is 17.0 Å². The van der Waals surface area contributed by atoms with Crippen molar-refractivity contribution in [2.45, 2.75) is 32.2 Å². The molecule has 23 heavy (non-hydrogen) atoms. The van der Waals surface area contributed by atoms with Crippen molar-refractivity contribution in [3.63, 3.8) is 0 Å². The summed E-state index contributed by atoms with van der Waals surface area (Å²) in [5.74, 6) is 0.992. The molecule has 3 N–H and O–H groups in total. The van der Waals surface area contributed by atoms with Crippen molar-refractivity contribution >= 4 is 33.3 Å². The van der Waals surface area contributed by atoms with Crippen molar-refractivity contribution in [1.29, 1.82) is 0 Å². The molecular formula is C16H23N5OS. The second kappa shape index (κ2) is 6.41. The van der Waals surface area contributed by atoms with E-state index < -0.39 is 0 Å². The first-order valence-electron chi connectivity index (χ1n) is 7.95. The van der Waals surface area contributed by atoms with Gasteiger partial charge in [0.05, 0.1) is 11.3 Å². The van der Waals surface area contributed by atoms with E-state index in [9.17, 15) is 4.79 Å². The molecule has 124 valence electrons. The van der Waals surface area contributed by atoms with E-state index in [-0.39, 0.29) is 17.4 Å². The summed E-state index contributed by atoms with van der Waals surface area (Å²) < 4.78 is 0. The number of carbonyl (C=O) groups excluding carboxylic acids is 1. The number of rotatable bonds is 4. The molecular weight excluding hydrogens is 310 g/mol. The van der Waals surface area contributed by atoms with Gasteiger partial charge in [-0.3, -0.25) is 4.79 Å². The highest BCUT2D eigenvalue weighted by Gasteiger charge is 2.30. The maximum atomic E-state index is 12.5. The number of piperidine rings is 1. The summed E-state index contributed by atoms with van der Waals surface area (Å²) in [6.45, 7) is 5.94. The largest absolute Gasteiger partial charge is 0.355 e. The van der Waals surface area contributed by atoms with Crippen LogP contribution in [0.15, 0.2) is 17.8 Å². The fourth-order valence-electron chi connectivity index (χ4n) is 2.90. The number of hydrogen-bond donors (Lipinski definition) is 2. The summed E-state index contributed by atoms with van der Waals surface area (Å²) in [7, 11) is 0. The van der Waals surface area contributed by atoms with Crippen molar-refractivity contribution in [1.82, 2.24) is 15.3 Å². The van der Waals surface area contributed by atoms with Crippen LogP contribution in [-0.4, -0.2) is 41.0 Å². The lowest BCUT2D eigenvalue weighted by atomic mass is 9.95. The number of nitrogens with zero attached hydrogens (tertiary/aromatic N) is 3. The maximum Gasteiger partial charge on any atom is 0.225 e. The molecule has 0 saturated carbocycles. The molecule has 1 fully saturated rings. The molecule has 1 aliphatic heterocycles. The highest BCUT2D eigenvalue weighted by atomic mass is 32.1. The van der Waals surface area contributed by atoms with Gasteiger partial charge in [-0.15, -0.1) is 11.3 Å². The number of anilines is 1. The lowest BCUT2D eigenvalue weighted by Crippen LogP contribution is -2.53. The van der Waals surface area contributed by atoms with Crippen LogP contribution in [0.4, 0.5) is 5.82 Å². The van der Waals surface area contributed by atoms with E-state index in [1.54, 1.807) is 17.7 Å². The Bertz CT molecular complexity index is 699. The van der Waals surface area contributed by atoms with Gasteiger partial charge in [-0.1, -0.05) is 0 Å². The highest BCUT2D eigenvalue weighted by molar-refractivity contribution is 7.16. The molecule has 7 heteroatoms.